The van der Waals surface area contributed by atoms with Crippen LogP contribution in [-0.4, -0.2) is 34.7 Å². The summed E-state index contributed by atoms with van der Waals surface area (Å²) in [4.78, 5) is 48.5. The Bertz CT molecular complexity index is 688. The highest BCUT2D eigenvalue weighted by molar-refractivity contribution is 14.1. The van der Waals surface area contributed by atoms with Crippen LogP contribution >= 0.6 is 22.6 Å². The lowest BCUT2D eigenvalue weighted by molar-refractivity contribution is -0.139. The molecule has 1 N–H and O–H groups in total. The fourth-order valence-corrected chi connectivity index (χ4v) is 1.77. The Morgan fingerprint density at radius 2 is 1.90 bits per heavy atom. The number of carbonyl (C=O) groups excluding carboxylic acids is 2. The van der Waals surface area contributed by atoms with E-state index in [9.17, 15) is 19.2 Å². The van der Waals surface area contributed by atoms with E-state index in [1.807, 2.05) is 4.98 Å². The van der Waals surface area contributed by atoms with Gasteiger partial charge in [0, 0.05) is 6.20 Å². The summed E-state index contributed by atoms with van der Waals surface area (Å²) >= 11 is 1.70. The molecule has 0 spiro atoms. The van der Waals surface area contributed by atoms with E-state index >= 15 is 0 Å². The second-order valence-corrected chi connectivity index (χ2v) is 4.77. The summed E-state index contributed by atoms with van der Waals surface area (Å²) in [5.74, 6) is -1.68. The minimum Gasteiger partial charge on any atom is -0.463 e. The summed E-state index contributed by atoms with van der Waals surface area (Å²) in [5, 5.41) is 0. The van der Waals surface area contributed by atoms with E-state index in [4.69, 9.17) is 9.47 Å². The van der Waals surface area contributed by atoms with Crippen LogP contribution in [0.25, 0.3) is 5.70 Å². The van der Waals surface area contributed by atoms with Crippen molar-refractivity contribution >= 4 is 40.2 Å². The van der Waals surface area contributed by atoms with Gasteiger partial charge in [0.25, 0.3) is 5.56 Å². The number of hydrogen-bond donors (Lipinski definition) is 1. The molecule has 0 aliphatic carbocycles. The van der Waals surface area contributed by atoms with Crippen molar-refractivity contribution in [2.75, 3.05) is 13.2 Å². The number of carbonyl (C=O) groups is 2. The number of hydrogen-bond acceptors (Lipinski definition) is 6. The first kappa shape index (κ1) is 17.1. The van der Waals surface area contributed by atoms with Crippen LogP contribution in [0, 0.1) is 3.57 Å². The molecule has 1 aromatic rings. The molecule has 0 aliphatic rings. The number of rotatable bonds is 5. The van der Waals surface area contributed by atoms with Crippen molar-refractivity contribution in [2.24, 2.45) is 0 Å². The molecule has 0 saturated carbocycles. The smallest absolute Gasteiger partial charge is 0.355 e. The van der Waals surface area contributed by atoms with Gasteiger partial charge in [-0.05, 0) is 36.4 Å². The Kier molecular flexibility index (Phi) is 6.34. The van der Waals surface area contributed by atoms with Gasteiger partial charge in [-0.1, -0.05) is 0 Å². The molecular weight excluding hydrogens is 395 g/mol. The average molecular weight is 408 g/mol. The van der Waals surface area contributed by atoms with Crippen molar-refractivity contribution in [1.29, 1.82) is 0 Å². The SMILES string of the molecule is CCOC(=O)/C=C(/C(=O)OCC)n1cc(I)c(=O)[nH]c1=O. The maximum absolute atomic E-state index is 11.9. The molecule has 9 heteroatoms. The Labute approximate surface area is 132 Å². The third kappa shape index (κ3) is 4.55. The zero-order valence-electron chi connectivity index (χ0n) is 11.3. The Hall–Kier alpha value is -1.91. The van der Waals surface area contributed by atoms with Crippen molar-refractivity contribution in [3.63, 3.8) is 0 Å². The van der Waals surface area contributed by atoms with E-state index in [2.05, 4.69) is 0 Å². The van der Waals surface area contributed by atoms with Gasteiger partial charge in [-0.25, -0.2) is 14.4 Å². The van der Waals surface area contributed by atoms with Crippen molar-refractivity contribution in [2.45, 2.75) is 13.8 Å². The number of nitrogens with one attached hydrogen (secondary N) is 1. The number of aromatic nitrogens is 2. The summed E-state index contributed by atoms with van der Waals surface area (Å²) in [6.45, 7) is 3.36. The maximum Gasteiger partial charge on any atom is 0.355 e. The zero-order chi connectivity index (χ0) is 16.0. The molecule has 0 saturated heterocycles. The van der Waals surface area contributed by atoms with Crippen LogP contribution in [-0.2, 0) is 19.1 Å². The zero-order valence-corrected chi connectivity index (χ0v) is 13.5. The highest BCUT2D eigenvalue weighted by Gasteiger charge is 2.18. The first-order valence-electron chi connectivity index (χ1n) is 5.98. The molecule has 0 radical (unpaired) electrons. The molecule has 0 aliphatic heterocycles. The van der Waals surface area contributed by atoms with Gasteiger partial charge in [0.1, 0.15) is 5.70 Å². The van der Waals surface area contributed by atoms with Crippen molar-refractivity contribution in [3.8, 4) is 0 Å². The molecule has 1 rings (SSSR count). The third-order valence-corrected chi connectivity index (χ3v) is 2.95. The molecule has 114 valence electrons. The largest absolute Gasteiger partial charge is 0.463 e. The van der Waals surface area contributed by atoms with Gasteiger partial charge in [0.2, 0.25) is 0 Å². The minimum absolute atomic E-state index is 0.0637. The number of ether oxygens (including phenoxy) is 2. The summed E-state index contributed by atoms with van der Waals surface area (Å²) in [7, 11) is 0. The monoisotopic (exact) mass is 408 g/mol. The molecule has 1 aromatic heterocycles. The van der Waals surface area contributed by atoms with E-state index in [1.54, 1.807) is 36.4 Å². The van der Waals surface area contributed by atoms with Gasteiger partial charge in [-0.2, -0.15) is 0 Å². The lowest BCUT2D eigenvalue weighted by Crippen LogP contribution is -2.33. The highest BCUT2D eigenvalue weighted by Crippen LogP contribution is 2.06. The van der Waals surface area contributed by atoms with Crippen LogP contribution in [0.3, 0.4) is 0 Å². The van der Waals surface area contributed by atoms with Crippen LogP contribution in [0.5, 0.6) is 0 Å². The maximum atomic E-state index is 11.9. The van der Waals surface area contributed by atoms with Gasteiger partial charge >= 0.3 is 17.6 Å². The fraction of sp³-hybridized carbons (Fsp3) is 0.333. The quantitative estimate of drug-likeness (QED) is 0.421. The topological polar surface area (TPSA) is 107 Å². The molecule has 0 aromatic carbocycles. The second-order valence-electron chi connectivity index (χ2n) is 3.61. The molecule has 0 bridgehead atoms. The molecule has 8 nitrogen and oxygen atoms in total. The number of halogens is 1. The van der Waals surface area contributed by atoms with E-state index in [-0.39, 0.29) is 22.5 Å². The molecule has 1 heterocycles. The average Bonchev–Trinajstić information content (AvgIpc) is 2.41. The van der Waals surface area contributed by atoms with Crippen LogP contribution < -0.4 is 11.2 Å². The summed E-state index contributed by atoms with van der Waals surface area (Å²) in [6.07, 6.45) is 1.99. The normalized spacial score (nSPS) is 11.1. The van der Waals surface area contributed by atoms with Gasteiger partial charge < -0.3 is 9.47 Å². The predicted octanol–water partition coefficient (Wildman–Crippen LogP) is 0.108. The van der Waals surface area contributed by atoms with Crippen LogP contribution in [0.15, 0.2) is 21.9 Å². The first-order valence-corrected chi connectivity index (χ1v) is 7.06. The lowest BCUT2D eigenvalue weighted by atomic mass is 10.3. The third-order valence-electron chi connectivity index (χ3n) is 2.18. The summed E-state index contributed by atoms with van der Waals surface area (Å²) in [5.41, 5.74) is -1.78. The van der Waals surface area contributed by atoms with E-state index in [1.165, 1.54) is 0 Å². The van der Waals surface area contributed by atoms with Crippen molar-refractivity contribution in [1.82, 2.24) is 9.55 Å². The molecule has 0 unspecified atom stereocenters. The predicted molar refractivity (Wildman–Crippen MR) is 81.6 cm³/mol. The van der Waals surface area contributed by atoms with Crippen molar-refractivity contribution in [3.05, 3.63) is 36.7 Å². The second kappa shape index (κ2) is 7.76. The van der Waals surface area contributed by atoms with Crippen LogP contribution in [0.4, 0.5) is 0 Å². The Balaban J connectivity index is 3.41. The first-order chi connectivity index (χ1) is 9.90. The molecule has 0 fully saturated rings. The Morgan fingerprint density at radius 1 is 1.29 bits per heavy atom. The number of nitrogens with zero attached hydrogens (tertiary/aromatic N) is 1. The summed E-state index contributed by atoms with van der Waals surface area (Å²) in [6, 6.07) is 0. The van der Waals surface area contributed by atoms with Gasteiger partial charge in [-0.15, -0.1) is 0 Å². The summed E-state index contributed by atoms with van der Waals surface area (Å²) < 4.78 is 10.5. The van der Waals surface area contributed by atoms with Gasteiger partial charge in [0.15, 0.2) is 0 Å². The molecule has 0 atom stereocenters. The van der Waals surface area contributed by atoms with E-state index in [0.29, 0.717) is 0 Å². The van der Waals surface area contributed by atoms with Crippen LogP contribution in [0.2, 0.25) is 0 Å². The fourth-order valence-electron chi connectivity index (χ4n) is 1.35. The molecule has 0 amide bonds. The minimum atomic E-state index is -0.879. The van der Waals surface area contributed by atoms with Gasteiger partial charge in [0.05, 0.1) is 22.9 Å². The number of esters is 2. The lowest BCUT2D eigenvalue weighted by Gasteiger charge is -2.09. The highest BCUT2D eigenvalue weighted by atomic mass is 127. The Morgan fingerprint density at radius 3 is 2.48 bits per heavy atom. The van der Waals surface area contributed by atoms with Gasteiger partial charge in [-0.3, -0.25) is 14.3 Å². The number of aromatic amines is 1. The number of H-pyrrole nitrogens is 1. The molecule has 21 heavy (non-hydrogen) atoms. The molecular formula is C12H13IN2O6. The van der Waals surface area contributed by atoms with E-state index < -0.39 is 23.2 Å². The van der Waals surface area contributed by atoms with Crippen LogP contribution in [0.1, 0.15) is 13.8 Å². The van der Waals surface area contributed by atoms with E-state index in [0.717, 1.165) is 16.8 Å². The van der Waals surface area contributed by atoms with Crippen molar-refractivity contribution < 1.29 is 19.1 Å². The standard InChI is InChI=1S/C12H13IN2O6/c1-3-20-9(16)5-8(11(18)21-4-2)15-6-7(13)10(17)14-12(15)19/h5-6H,3-4H2,1-2H3,(H,14,17,19)/b8-5-.